The minimum Gasteiger partial charge on any atom is -0.481 e. The highest BCUT2D eigenvalue weighted by Gasteiger charge is 2.18. The van der Waals surface area contributed by atoms with Gasteiger partial charge in [0, 0.05) is 24.3 Å². The normalized spacial score (nSPS) is 10.7. The van der Waals surface area contributed by atoms with Gasteiger partial charge in [0.2, 0.25) is 0 Å². The Labute approximate surface area is 130 Å². The van der Waals surface area contributed by atoms with E-state index in [0.29, 0.717) is 13.1 Å². The molecule has 0 amide bonds. The number of aromatic nitrogens is 1. The molecule has 0 bridgehead atoms. The summed E-state index contributed by atoms with van der Waals surface area (Å²) in [6.45, 7) is 8.93. The van der Waals surface area contributed by atoms with Crippen molar-refractivity contribution < 1.29 is 14.4 Å². The van der Waals surface area contributed by atoms with Gasteiger partial charge in [0.15, 0.2) is 0 Å². The summed E-state index contributed by atoms with van der Waals surface area (Å²) in [6, 6.07) is 6.10. The summed E-state index contributed by atoms with van der Waals surface area (Å²) in [4.78, 5) is 13.1. The molecule has 0 spiro atoms. The molecular formula is C17H22N2O3. The van der Waals surface area contributed by atoms with E-state index in [9.17, 15) is 4.79 Å². The second kappa shape index (κ2) is 6.64. The van der Waals surface area contributed by atoms with Crippen molar-refractivity contribution in [1.82, 2.24) is 5.16 Å². The molecule has 0 aliphatic carbocycles. The van der Waals surface area contributed by atoms with Crippen molar-refractivity contribution in [3.63, 3.8) is 0 Å². The number of carbonyl (C=O) groups is 1. The first-order valence-corrected chi connectivity index (χ1v) is 7.35. The van der Waals surface area contributed by atoms with Crippen molar-refractivity contribution in [3.8, 4) is 0 Å². The molecule has 1 aromatic heterocycles. The number of carboxylic acids is 1. The minimum absolute atomic E-state index is 0.0944. The zero-order chi connectivity index (χ0) is 16.3. The number of hydrogen-bond acceptors (Lipinski definition) is 4. The van der Waals surface area contributed by atoms with Crippen LogP contribution in [0.25, 0.3) is 0 Å². The maximum atomic E-state index is 11.0. The third-order valence-corrected chi connectivity index (χ3v) is 3.88. The zero-order valence-electron chi connectivity index (χ0n) is 13.5. The Morgan fingerprint density at radius 3 is 2.36 bits per heavy atom. The van der Waals surface area contributed by atoms with Gasteiger partial charge >= 0.3 is 5.97 Å². The molecule has 0 fully saturated rings. The van der Waals surface area contributed by atoms with Crippen molar-refractivity contribution in [2.24, 2.45) is 0 Å². The minimum atomic E-state index is -0.796. The second-order valence-corrected chi connectivity index (χ2v) is 5.61. The number of aryl methyl sites for hydroxylation is 4. The number of benzene rings is 1. The first kappa shape index (κ1) is 16.1. The van der Waals surface area contributed by atoms with Crippen molar-refractivity contribution in [2.45, 2.75) is 40.7 Å². The van der Waals surface area contributed by atoms with Crippen LogP contribution in [0.2, 0.25) is 0 Å². The molecule has 0 aliphatic heterocycles. The van der Waals surface area contributed by atoms with Crippen LogP contribution >= 0.6 is 0 Å². The molecule has 0 aliphatic rings. The van der Waals surface area contributed by atoms with Crippen LogP contribution in [0.3, 0.4) is 0 Å². The van der Waals surface area contributed by atoms with E-state index in [0.717, 1.165) is 33.8 Å². The summed E-state index contributed by atoms with van der Waals surface area (Å²) in [7, 11) is 0. The van der Waals surface area contributed by atoms with E-state index in [2.05, 4.69) is 10.1 Å². The predicted octanol–water partition coefficient (Wildman–Crippen LogP) is 3.39. The molecule has 0 saturated heterocycles. The summed E-state index contributed by atoms with van der Waals surface area (Å²) in [5, 5.41) is 13.0. The van der Waals surface area contributed by atoms with Crippen LogP contribution < -0.4 is 4.90 Å². The molecule has 118 valence electrons. The Morgan fingerprint density at radius 2 is 1.86 bits per heavy atom. The fraction of sp³-hybridized carbons (Fsp3) is 0.412. The van der Waals surface area contributed by atoms with Crippen molar-refractivity contribution in [1.29, 1.82) is 0 Å². The SMILES string of the molecule is Cc1cccc(C)c1N(CCC(=O)O)Cc1c(C)noc1C. The first-order valence-electron chi connectivity index (χ1n) is 7.35. The molecule has 0 saturated carbocycles. The molecule has 1 N–H and O–H groups in total. The monoisotopic (exact) mass is 302 g/mol. The predicted molar refractivity (Wildman–Crippen MR) is 85.2 cm³/mol. The topological polar surface area (TPSA) is 66.6 Å². The van der Waals surface area contributed by atoms with Crippen molar-refractivity contribution >= 4 is 11.7 Å². The lowest BCUT2D eigenvalue weighted by Gasteiger charge is -2.27. The zero-order valence-corrected chi connectivity index (χ0v) is 13.5. The highest BCUT2D eigenvalue weighted by Crippen LogP contribution is 2.27. The van der Waals surface area contributed by atoms with Crippen molar-refractivity contribution in [3.05, 3.63) is 46.3 Å². The lowest BCUT2D eigenvalue weighted by molar-refractivity contribution is -0.136. The molecule has 5 nitrogen and oxygen atoms in total. The Kier molecular flexibility index (Phi) is 4.85. The van der Waals surface area contributed by atoms with E-state index >= 15 is 0 Å². The smallest absolute Gasteiger partial charge is 0.305 e. The standard InChI is InChI=1S/C17H22N2O3/c1-11-6-5-7-12(2)17(11)19(9-8-16(20)21)10-15-13(3)18-22-14(15)4/h5-7H,8-10H2,1-4H3,(H,20,21). The highest BCUT2D eigenvalue weighted by molar-refractivity contribution is 5.68. The van der Waals surface area contributed by atoms with Crippen LogP contribution in [-0.2, 0) is 11.3 Å². The van der Waals surface area contributed by atoms with Gasteiger partial charge in [0.1, 0.15) is 5.76 Å². The molecule has 2 rings (SSSR count). The highest BCUT2D eigenvalue weighted by atomic mass is 16.5. The van der Waals surface area contributed by atoms with Crippen LogP contribution in [0.15, 0.2) is 22.7 Å². The third kappa shape index (κ3) is 3.47. The molecule has 0 unspecified atom stereocenters. The van der Waals surface area contributed by atoms with E-state index in [-0.39, 0.29) is 6.42 Å². The van der Waals surface area contributed by atoms with Crippen molar-refractivity contribution in [2.75, 3.05) is 11.4 Å². The summed E-state index contributed by atoms with van der Waals surface area (Å²) >= 11 is 0. The van der Waals surface area contributed by atoms with E-state index in [1.54, 1.807) is 0 Å². The van der Waals surface area contributed by atoms with Gasteiger partial charge in [0.05, 0.1) is 12.1 Å². The average molecular weight is 302 g/mol. The van der Waals surface area contributed by atoms with Gasteiger partial charge in [-0.1, -0.05) is 23.4 Å². The molecule has 5 heteroatoms. The second-order valence-electron chi connectivity index (χ2n) is 5.61. The quantitative estimate of drug-likeness (QED) is 0.886. The van der Waals surface area contributed by atoms with Gasteiger partial charge in [-0.15, -0.1) is 0 Å². The van der Waals surface area contributed by atoms with Gasteiger partial charge < -0.3 is 14.5 Å². The molecule has 22 heavy (non-hydrogen) atoms. The summed E-state index contributed by atoms with van der Waals surface area (Å²) in [5.41, 5.74) is 5.23. The summed E-state index contributed by atoms with van der Waals surface area (Å²) < 4.78 is 5.23. The van der Waals surface area contributed by atoms with Gasteiger partial charge in [-0.05, 0) is 38.8 Å². The maximum Gasteiger partial charge on any atom is 0.305 e. The summed E-state index contributed by atoms with van der Waals surface area (Å²) in [5.74, 6) is -0.0148. The van der Waals surface area contributed by atoms with Crippen LogP contribution in [0.5, 0.6) is 0 Å². The van der Waals surface area contributed by atoms with E-state index in [1.807, 2.05) is 45.9 Å². The number of anilines is 1. The summed E-state index contributed by atoms with van der Waals surface area (Å²) in [6.07, 6.45) is 0.0944. The van der Waals surface area contributed by atoms with Crippen LogP contribution in [-0.4, -0.2) is 22.8 Å². The van der Waals surface area contributed by atoms with Crippen LogP contribution in [0.4, 0.5) is 5.69 Å². The maximum absolute atomic E-state index is 11.0. The van der Waals surface area contributed by atoms with Crippen LogP contribution in [0, 0.1) is 27.7 Å². The Bertz CT molecular complexity index is 637. The Morgan fingerprint density at radius 1 is 1.23 bits per heavy atom. The lowest BCUT2D eigenvalue weighted by Crippen LogP contribution is -2.27. The number of rotatable bonds is 6. The van der Waals surface area contributed by atoms with E-state index in [4.69, 9.17) is 9.63 Å². The fourth-order valence-electron chi connectivity index (χ4n) is 2.72. The molecule has 1 aromatic carbocycles. The van der Waals surface area contributed by atoms with Gasteiger partial charge in [-0.2, -0.15) is 0 Å². The number of nitrogens with zero attached hydrogens (tertiary/aromatic N) is 2. The fourth-order valence-corrected chi connectivity index (χ4v) is 2.72. The number of carboxylic acid groups (broad SMARTS) is 1. The van der Waals surface area contributed by atoms with Gasteiger partial charge in [-0.3, -0.25) is 4.79 Å². The molecule has 1 heterocycles. The Hall–Kier alpha value is -2.30. The molecule has 0 atom stereocenters. The third-order valence-electron chi connectivity index (χ3n) is 3.88. The largest absolute Gasteiger partial charge is 0.481 e. The lowest BCUT2D eigenvalue weighted by atomic mass is 10.1. The molecular weight excluding hydrogens is 280 g/mol. The van der Waals surface area contributed by atoms with Gasteiger partial charge in [-0.25, -0.2) is 0 Å². The average Bonchev–Trinajstić information content (AvgIpc) is 2.75. The number of hydrogen-bond donors (Lipinski definition) is 1. The van der Waals surface area contributed by atoms with Crippen LogP contribution in [0.1, 0.15) is 34.6 Å². The van der Waals surface area contributed by atoms with E-state index in [1.165, 1.54) is 0 Å². The number of aliphatic carboxylic acids is 1. The molecule has 2 aromatic rings. The first-order chi connectivity index (χ1) is 10.4. The number of para-hydroxylation sites is 1. The Balaban J connectivity index is 2.36. The van der Waals surface area contributed by atoms with E-state index < -0.39 is 5.97 Å². The molecule has 0 radical (unpaired) electrons. The van der Waals surface area contributed by atoms with Gasteiger partial charge in [0.25, 0.3) is 0 Å².